The standard InChI is InChI=1S/C25H39N3O4/c1-19(2)17-27-14-7-5-4-6-8-15-28(20(3)29)23-12-11-21(16-22(23)18-27)25(32)26-13-9-10-24(30)31/h11-12,16,19H,4-10,13-15,17-18H2,1-3H3,(H,26,32)(H,30,31). The molecule has 1 aliphatic rings. The molecule has 2 N–H and O–H groups in total. The normalized spacial score (nSPS) is 16.1. The second kappa shape index (κ2) is 13.2. The maximum Gasteiger partial charge on any atom is 0.303 e. The Balaban J connectivity index is 2.30. The van der Waals surface area contributed by atoms with Crippen LogP contribution in [0, 0.1) is 5.92 Å². The molecule has 0 spiro atoms. The number of hydrogen-bond donors (Lipinski definition) is 2. The van der Waals surface area contributed by atoms with Crippen molar-refractivity contribution in [2.45, 2.75) is 72.3 Å². The number of aliphatic carboxylic acids is 1. The molecule has 0 fully saturated rings. The molecule has 178 valence electrons. The first-order valence-electron chi connectivity index (χ1n) is 11.9. The van der Waals surface area contributed by atoms with E-state index < -0.39 is 5.97 Å². The van der Waals surface area contributed by atoms with Gasteiger partial charge in [0.15, 0.2) is 0 Å². The van der Waals surface area contributed by atoms with Crippen LogP contribution in [0.25, 0.3) is 0 Å². The van der Waals surface area contributed by atoms with E-state index in [0.717, 1.165) is 43.6 Å². The van der Waals surface area contributed by atoms with Gasteiger partial charge in [-0.25, -0.2) is 0 Å². The minimum atomic E-state index is -0.867. The Morgan fingerprint density at radius 1 is 1.06 bits per heavy atom. The summed E-state index contributed by atoms with van der Waals surface area (Å²) in [7, 11) is 0. The first-order valence-corrected chi connectivity index (χ1v) is 11.9. The molecular formula is C25H39N3O4. The summed E-state index contributed by atoms with van der Waals surface area (Å²) < 4.78 is 0. The van der Waals surface area contributed by atoms with Gasteiger partial charge in [-0.2, -0.15) is 0 Å². The van der Waals surface area contributed by atoms with E-state index in [-0.39, 0.29) is 18.2 Å². The lowest BCUT2D eigenvalue weighted by Gasteiger charge is -2.30. The van der Waals surface area contributed by atoms with Gasteiger partial charge >= 0.3 is 5.97 Å². The predicted octanol–water partition coefficient (Wildman–Crippen LogP) is 4.06. The minimum Gasteiger partial charge on any atom is -0.481 e. The first kappa shape index (κ1) is 25.8. The maximum atomic E-state index is 12.7. The van der Waals surface area contributed by atoms with Crippen molar-refractivity contribution >= 4 is 23.5 Å². The summed E-state index contributed by atoms with van der Waals surface area (Å²) in [5, 5.41) is 11.6. The quantitative estimate of drug-likeness (QED) is 0.618. The highest BCUT2D eigenvalue weighted by Gasteiger charge is 2.20. The van der Waals surface area contributed by atoms with E-state index in [1.165, 1.54) is 12.8 Å². The molecule has 7 heteroatoms. The highest BCUT2D eigenvalue weighted by Crippen LogP contribution is 2.26. The van der Waals surface area contributed by atoms with E-state index in [4.69, 9.17) is 5.11 Å². The largest absolute Gasteiger partial charge is 0.481 e. The molecule has 1 aliphatic heterocycles. The summed E-state index contributed by atoms with van der Waals surface area (Å²) in [6.07, 6.45) is 6.05. The number of benzene rings is 1. The fourth-order valence-corrected chi connectivity index (χ4v) is 4.24. The van der Waals surface area contributed by atoms with Crippen molar-refractivity contribution in [2.24, 2.45) is 5.92 Å². The second-order valence-electron chi connectivity index (χ2n) is 9.16. The van der Waals surface area contributed by atoms with Crippen molar-refractivity contribution in [1.29, 1.82) is 0 Å². The first-order chi connectivity index (χ1) is 15.3. The second-order valence-corrected chi connectivity index (χ2v) is 9.16. The number of nitrogens with zero attached hydrogens (tertiary/aromatic N) is 2. The van der Waals surface area contributed by atoms with Gasteiger partial charge < -0.3 is 15.3 Å². The van der Waals surface area contributed by atoms with Crippen molar-refractivity contribution < 1.29 is 19.5 Å². The van der Waals surface area contributed by atoms with Gasteiger partial charge in [-0.1, -0.05) is 33.1 Å². The van der Waals surface area contributed by atoms with Crippen LogP contribution in [0.2, 0.25) is 0 Å². The number of rotatable bonds is 7. The number of amides is 2. The summed E-state index contributed by atoms with van der Waals surface area (Å²) in [5.41, 5.74) is 2.41. The monoisotopic (exact) mass is 445 g/mol. The Morgan fingerprint density at radius 2 is 1.75 bits per heavy atom. The molecule has 0 atom stereocenters. The van der Waals surface area contributed by atoms with Gasteiger partial charge in [0.25, 0.3) is 5.91 Å². The van der Waals surface area contributed by atoms with Gasteiger partial charge in [-0.3, -0.25) is 19.3 Å². The molecule has 0 saturated carbocycles. The average Bonchev–Trinajstić information content (AvgIpc) is 2.71. The summed E-state index contributed by atoms with van der Waals surface area (Å²) in [4.78, 5) is 40.1. The molecule has 7 nitrogen and oxygen atoms in total. The molecule has 0 bridgehead atoms. The highest BCUT2D eigenvalue weighted by molar-refractivity contribution is 5.97. The lowest BCUT2D eigenvalue weighted by molar-refractivity contribution is -0.137. The van der Waals surface area contributed by atoms with E-state index in [0.29, 0.717) is 37.5 Å². The summed E-state index contributed by atoms with van der Waals surface area (Å²) in [5.74, 6) is -0.539. The van der Waals surface area contributed by atoms with Crippen LogP contribution in [0.5, 0.6) is 0 Å². The van der Waals surface area contributed by atoms with Crippen LogP contribution in [-0.2, 0) is 16.1 Å². The molecule has 2 amide bonds. The van der Waals surface area contributed by atoms with Gasteiger partial charge in [0.2, 0.25) is 5.91 Å². The molecule has 0 radical (unpaired) electrons. The zero-order chi connectivity index (χ0) is 23.5. The highest BCUT2D eigenvalue weighted by atomic mass is 16.4. The lowest BCUT2D eigenvalue weighted by atomic mass is 10.0. The van der Waals surface area contributed by atoms with Crippen molar-refractivity contribution in [3.8, 4) is 0 Å². The molecule has 2 rings (SSSR count). The average molecular weight is 446 g/mol. The minimum absolute atomic E-state index is 0.0181. The molecule has 32 heavy (non-hydrogen) atoms. The third-order valence-electron chi connectivity index (χ3n) is 5.74. The lowest BCUT2D eigenvalue weighted by Crippen LogP contribution is -2.34. The van der Waals surface area contributed by atoms with E-state index >= 15 is 0 Å². The number of fused-ring (bicyclic) bond motifs is 1. The fraction of sp³-hybridized carbons (Fsp3) is 0.640. The summed E-state index contributed by atoms with van der Waals surface area (Å²) in [6.45, 7) is 9.69. The van der Waals surface area contributed by atoms with Gasteiger partial charge in [-0.15, -0.1) is 0 Å². The Bertz CT molecular complexity index is 778. The Labute approximate surface area is 192 Å². The molecule has 1 heterocycles. The van der Waals surface area contributed by atoms with Gasteiger partial charge in [0.05, 0.1) is 0 Å². The number of carbonyl (C=O) groups excluding carboxylic acids is 2. The summed E-state index contributed by atoms with van der Waals surface area (Å²) >= 11 is 0. The molecule has 0 unspecified atom stereocenters. The summed E-state index contributed by atoms with van der Waals surface area (Å²) in [6, 6.07) is 5.55. The SMILES string of the molecule is CC(=O)N1CCCCCCCN(CC(C)C)Cc2cc(C(=O)NCCCC(=O)O)ccc21. The maximum absolute atomic E-state index is 12.7. The van der Waals surface area contributed by atoms with E-state index in [9.17, 15) is 14.4 Å². The Morgan fingerprint density at radius 3 is 2.41 bits per heavy atom. The molecule has 1 aromatic carbocycles. The van der Waals surface area contributed by atoms with E-state index in [2.05, 4.69) is 24.1 Å². The van der Waals surface area contributed by atoms with Crippen molar-refractivity contribution in [1.82, 2.24) is 10.2 Å². The molecular weight excluding hydrogens is 406 g/mol. The number of nitrogens with one attached hydrogen (secondary N) is 1. The Hall–Kier alpha value is -2.41. The van der Waals surface area contributed by atoms with Gasteiger partial charge in [0.1, 0.15) is 0 Å². The van der Waals surface area contributed by atoms with Crippen LogP contribution in [0.1, 0.15) is 81.6 Å². The third kappa shape index (κ3) is 8.61. The van der Waals surface area contributed by atoms with Gasteiger partial charge in [-0.05, 0) is 55.5 Å². The zero-order valence-corrected chi connectivity index (χ0v) is 19.9. The van der Waals surface area contributed by atoms with E-state index in [1.807, 2.05) is 17.0 Å². The van der Waals surface area contributed by atoms with Crippen molar-refractivity contribution in [3.63, 3.8) is 0 Å². The smallest absolute Gasteiger partial charge is 0.303 e. The number of carboxylic acids is 1. The van der Waals surface area contributed by atoms with Crippen molar-refractivity contribution in [2.75, 3.05) is 31.1 Å². The van der Waals surface area contributed by atoms with Crippen LogP contribution in [0.3, 0.4) is 0 Å². The molecule has 1 aromatic rings. The number of anilines is 1. The van der Waals surface area contributed by atoms with E-state index in [1.54, 1.807) is 13.0 Å². The van der Waals surface area contributed by atoms with Crippen LogP contribution < -0.4 is 10.2 Å². The Kier molecular flexibility index (Phi) is 10.7. The predicted molar refractivity (Wildman–Crippen MR) is 127 cm³/mol. The fourth-order valence-electron chi connectivity index (χ4n) is 4.24. The van der Waals surface area contributed by atoms with Crippen LogP contribution >= 0.6 is 0 Å². The number of hydrogen-bond acceptors (Lipinski definition) is 4. The molecule has 0 saturated heterocycles. The number of carboxylic acid groups (broad SMARTS) is 1. The number of carbonyl (C=O) groups is 3. The topological polar surface area (TPSA) is 90.0 Å². The van der Waals surface area contributed by atoms with Crippen molar-refractivity contribution in [3.05, 3.63) is 29.3 Å². The third-order valence-corrected chi connectivity index (χ3v) is 5.74. The van der Waals surface area contributed by atoms with Crippen LogP contribution in [0.4, 0.5) is 5.69 Å². The van der Waals surface area contributed by atoms with Crippen LogP contribution in [-0.4, -0.2) is 54.0 Å². The molecule has 0 aliphatic carbocycles. The molecule has 0 aromatic heterocycles. The van der Waals surface area contributed by atoms with Crippen LogP contribution in [0.15, 0.2) is 18.2 Å². The van der Waals surface area contributed by atoms with Gasteiger partial charge in [0, 0.05) is 50.8 Å². The zero-order valence-electron chi connectivity index (χ0n) is 19.9.